The number of amides is 3. The summed E-state index contributed by atoms with van der Waals surface area (Å²) in [7, 11) is 5.92. The smallest absolute Gasteiger partial charge is 0.320 e. The van der Waals surface area contributed by atoms with Crippen LogP contribution in [0.15, 0.2) is 54.8 Å². The highest BCUT2D eigenvalue weighted by atomic mass is 16.7. The highest BCUT2D eigenvalue weighted by Gasteiger charge is 2.54. The van der Waals surface area contributed by atoms with Gasteiger partial charge in [-0.25, -0.2) is 9.86 Å². The maximum absolute atomic E-state index is 13.8. The topological polar surface area (TPSA) is 80.4 Å². The largest absolute Gasteiger partial charge is 0.345 e. The Kier molecular flexibility index (Phi) is 7.68. The van der Waals surface area contributed by atoms with Gasteiger partial charge in [-0.2, -0.15) is 0 Å². The molecule has 0 radical (unpaired) electrons. The fraction of sp³-hybridized carbons (Fsp3) is 0.586. The molecule has 206 valence electrons. The number of carbonyl (C=O) groups excluding carboxylic acids is 2. The number of hydroxylamine groups is 2. The third kappa shape index (κ3) is 5.14. The molecule has 2 aliphatic carbocycles. The minimum Gasteiger partial charge on any atom is -0.345 e. The molecule has 1 spiro atoms. The van der Waals surface area contributed by atoms with Gasteiger partial charge in [0.15, 0.2) is 0 Å². The summed E-state index contributed by atoms with van der Waals surface area (Å²) in [6.07, 6.45) is 13.0. The van der Waals surface area contributed by atoms with E-state index in [9.17, 15) is 9.59 Å². The van der Waals surface area contributed by atoms with Crippen molar-refractivity contribution in [3.63, 3.8) is 0 Å². The third-order valence-corrected chi connectivity index (χ3v) is 9.21. The van der Waals surface area contributed by atoms with Gasteiger partial charge in [-0.15, -0.1) is 0 Å². The molecule has 9 nitrogen and oxygen atoms in total. The molecular weight excluding hydrogens is 480 g/mol. The monoisotopic (exact) mass is 522 g/mol. The molecule has 1 saturated heterocycles. The Labute approximate surface area is 226 Å². The van der Waals surface area contributed by atoms with Gasteiger partial charge in [-0.05, 0) is 64.1 Å². The molecule has 3 amide bonds. The second-order valence-electron chi connectivity index (χ2n) is 11.5. The number of hydrogen-bond donors (Lipinski definition) is 2. The Bertz CT molecular complexity index is 1060. The number of hydrogen-bond acceptors (Lipinski definition) is 6. The zero-order valence-corrected chi connectivity index (χ0v) is 23.0. The van der Waals surface area contributed by atoms with Crippen molar-refractivity contribution in [1.82, 2.24) is 30.4 Å². The molecule has 0 bridgehead atoms. The first-order valence-electron chi connectivity index (χ1n) is 13.9. The summed E-state index contributed by atoms with van der Waals surface area (Å²) in [5.74, 6) is 1.02. The maximum Gasteiger partial charge on any atom is 0.320 e. The molecule has 0 aromatic heterocycles. The summed E-state index contributed by atoms with van der Waals surface area (Å²) in [6, 6.07) is 10.9. The minimum absolute atomic E-state index is 0.0176. The van der Waals surface area contributed by atoms with Crippen molar-refractivity contribution in [2.75, 3.05) is 40.8 Å². The van der Waals surface area contributed by atoms with E-state index in [1.165, 1.54) is 29.9 Å². The number of rotatable bonds is 9. The van der Waals surface area contributed by atoms with Crippen molar-refractivity contribution in [2.24, 2.45) is 5.92 Å². The molecule has 2 saturated carbocycles. The van der Waals surface area contributed by atoms with E-state index < -0.39 is 0 Å². The molecule has 0 unspecified atom stereocenters. The van der Waals surface area contributed by atoms with Crippen LogP contribution in [0.25, 0.3) is 0 Å². The summed E-state index contributed by atoms with van der Waals surface area (Å²) in [4.78, 5) is 38.1. The van der Waals surface area contributed by atoms with E-state index in [2.05, 4.69) is 64.9 Å². The van der Waals surface area contributed by atoms with Crippen molar-refractivity contribution < 1.29 is 14.4 Å². The Morgan fingerprint density at radius 2 is 1.89 bits per heavy atom. The number of nitrogens with zero attached hydrogens (tertiary/aromatic N) is 4. The van der Waals surface area contributed by atoms with Crippen molar-refractivity contribution in [1.29, 1.82) is 0 Å². The van der Waals surface area contributed by atoms with E-state index in [0.29, 0.717) is 24.8 Å². The van der Waals surface area contributed by atoms with Gasteiger partial charge in [0.25, 0.3) is 0 Å². The fourth-order valence-electron chi connectivity index (χ4n) is 6.60. The Morgan fingerprint density at radius 1 is 1.16 bits per heavy atom. The molecular formula is C29H42N6O3. The summed E-state index contributed by atoms with van der Waals surface area (Å²) >= 11 is 0. The zero-order valence-electron chi connectivity index (χ0n) is 23.0. The van der Waals surface area contributed by atoms with Gasteiger partial charge < -0.3 is 20.4 Å². The zero-order chi connectivity index (χ0) is 26.8. The van der Waals surface area contributed by atoms with Crippen LogP contribution in [0.4, 0.5) is 4.79 Å². The molecule has 1 aromatic rings. The normalized spacial score (nSPS) is 27.5. The lowest BCUT2D eigenvalue weighted by molar-refractivity contribution is -0.120. The second-order valence-corrected chi connectivity index (χ2v) is 11.5. The van der Waals surface area contributed by atoms with E-state index in [-0.39, 0.29) is 29.4 Å². The van der Waals surface area contributed by atoms with Gasteiger partial charge in [0, 0.05) is 44.0 Å². The SMILES string of the molecule is CON1C=CNC(NC(=O)CCN2CC3(CCC(c4ccccc4)(N(C)C)CC3)N(CC3CCC3)C2=O)=C1. The van der Waals surface area contributed by atoms with E-state index >= 15 is 0 Å². The molecule has 4 aliphatic rings. The lowest BCUT2D eigenvalue weighted by atomic mass is 9.68. The van der Waals surface area contributed by atoms with E-state index in [0.717, 1.165) is 32.2 Å². The van der Waals surface area contributed by atoms with E-state index in [1.54, 1.807) is 25.7 Å². The van der Waals surface area contributed by atoms with Crippen LogP contribution in [0.1, 0.15) is 56.9 Å². The standard InChI is InChI=1S/C29H42N6O3/c1-32(2)29(24-10-5-4-6-11-24)15-13-28(14-16-29)22-33(27(37)35(28)20-23-8-7-9-23)18-12-26(36)31-25-21-34(38-3)19-17-30-25/h4-6,10-11,17,19,21,23,30H,7-9,12-16,18,20,22H2,1-3H3,(H,31,36). The second kappa shape index (κ2) is 11.0. The Balaban J connectivity index is 1.27. The molecule has 1 aromatic carbocycles. The van der Waals surface area contributed by atoms with Crippen LogP contribution >= 0.6 is 0 Å². The number of nitrogens with one attached hydrogen (secondary N) is 2. The summed E-state index contributed by atoms with van der Waals surface area (Å²) in [5, 5.41) is 7.39. The Hall–Kier alpha value is -3.04. The quantitative estimate of drug-likeness (QED) is 0.517. The fourth-order valence-corrected chi connectivity index (χ4v) is 6.60. The van der Waals surface area contributed by atoms with Crippen LogP contribution in [-0.2, 0) is 15.2 Å². The summed E-state index contributed by atoms with van der Waals surface area (Å²) in [5.41, 5.74) is 1.18. The molecule has 3 fully saturated rings. The van der Waals surface area contributed by atoms with Gasteiger partial charge in [0.2, 0.25) is 5.91 Å². The van der Waals surface area contributed by atoms with Crippen molar-refractivity contribution in [2.45, 2.75) is 62.4 Å². The first-order valence-corrected chi connectivity index (χ1v) is 13.9. The Morgan fingerprint density at radius 3 is 2.53 bits per heavy atom. The van der Waals surface area contributed by atoms with Gasteiger partial charge >= 0.3 is 6.03 Å². The van der Waals surface area contributed by atoms with Crippen LogP contribution < -0.4 is 10.6 Å². The van der Waals surface area contributed by atoms with Gasteiger partial charge in [-0.3, -0.25) is 14.5 Å². The highest BCUT2D eigenvalue weighted by molar-refractivity contribution is 5.81. The molecule has 2 heterocycles. The van der Waals surface area contributed by atoms with Crippen LogP contribution in [0.3, 0.4) is 0 Å². The third-order valence-electron chi connectivity index (χ3n) is 9.21. The molecule has 5 rings (SSSR count). The average molecular weight is 523 g/mol. The summed E-state index contributed by atoms with van der Waals surface area (Å²) in [6.45, 7) is 1.96. The van der Waals surface area contributed by atoms with E-state index in [1.807, 2.05) is 4.90 Å². The molecule has 2 aliphatic heterocycles. The van der Waals surface area contributed by atoms with Crippen molar-refractivity contribution in [3.05, 3.63) is 60.3 Å². The number of urea groups is 1. The summed E-state index contributed by atoms with van der Waals surface area (Å²) < 4.78 is 0. The van der Waals surface area contributed by atoms with Gasteiger partial charge in [0.1, 0.15) is 5.82 Å². The lowest BCUT2D eigenvalue weighted by Crippen LogP contribution is -2.56. The van der Waals surface area contributed by atoms with Crippen molar-refractivity contribution >= 4 is 11.9 Å². The minimum atomic E-state index is -0.158. The first-order chi connectivity index (χ1) is 18.3. The predicted molar refractivity (Wildman–Crippen MR) is 146 cm³/mol. The van der Waals surface area contributed by atoms with Crippen LogP contribution in [0, 0.1) is 5.92 Å². The lowest BCUT2D eigenvalue weighted by Gasteiger charge is -2.51. The maximum atomic E-state index is 13.8. The molecule has 2 N–H and O–H groups in total. The highest BCUT2D eigenvalue weighted by Crippen LogP contribution is 2.49. The molecule has 38 heavy (non-hydrogen) atoms. The van der Waals surface area contributed by atoms with Crippen LogP contribution in [-0.4, -0.2) is 78.1 Å². The average Bonchev–Trinajstić information content (AvgIpc) is 3.16. The van der Waals surface area contributed by atoms with E-state index in [4.69, 9.17) is 4.84 Å². The van der Waals surface area contributed by atoms with Gasteiger partial charge in [0.05, 0.1) is 18.8 Å². The van der Waals surface area contributed by atoms with Crippen LogP contribution in [0.2, 0.25) is 0 Å². The first kappa shape index (κ1) is 26.6. The van der Waals surface area contributed by atoms with Crippen LogP contribution in [0.5, 0.6) is 0 Å². The molecule has 9 heteroatoms. The number of benzene rings is 1. The van der Waals surface area contributed by atoms with Gasteiger partial charge in [-0.1, -0.05) is 36.8 Å². The van der Waals surface area contributed by atoms with Crippen molar-refractivity contribution in [3.8, 4) is 0 Å². The molecule has 0 atom stereocenters. The number of carbonyl (C=O) groups is 2. The predicted octanol–water partition coefficient (Wildman–Crippen LogP) is 3.54.